The van der Waals surface area contributed by atoms with Crippen molar-refractivity contribution < 1.29 is 9.59 Å². The lowest BCUT2D eigenvalue weighted by molar-refractivity contribution is -0.124. The van der Waals surface area contributed by atoms with E-state index in [4.69, 9.17) is 10.7 Å². The second-order valence-corrected chi connectivity index (χ2v) is 1.79. The van der Waals surface area contributed by atoms with Crippen molar-refractivity contribution in [3.63, 3.8) is 0 Å². The van der Waals surface area contributed by atoms with Crippen molar-refractivity contribution in [2.24, 2.45) is 5.92 Å². The molecule has 0 saturated carbocycles. The van der Waals surface area contributed by atoms with Crippen molar-refractivity contribution >= 4 is 17.5 Å². The van der Waals surface area contributed by atoms with E-state index in [1.54, 1.807) is 0 Å². The van der Waals surface area contributed by atoms with Gasteiger partial charge in [0.05, 0.1) is 6.07 Å². The van der Waals surface area contributed by atoms with Crippen LogP contribution in [0.3, 0.4) is 0 Å². The molecule has 0 aromatic carbocycles. The number of nitrogens with zero attached hydrogens (tertiary/aromatic N) is 1. The molecule has 0 bridgehead atoms. The van der Waals surface area contributed by atoms with Gasteiger partial charge in [-0.3, -0.25) is 20.3 Å². The van der Waals surface area contributed by atoms with E-state index >= 15 is 0 Å². The van der Waals surface area contributed by atoms with Crippen molar-refractivity contribution in [3.8, 4) is 6.07 Å². The topological polar surface area (TPSA) is 93.8 Å². The molecule has 1 rings (SSSR count). The Morgan fingerprint density at radius 1 is 1.60 bits per heavy atom. The lowest BCUT2D eigenvalue weighted by Crippen LogP contribution is -2.21. The number of nitriles is 1. The fourth-order valence-electron chi connectivity index (χ4n) is 0.637. The quantitative estimate of drug-likeness (QED) is 0.410. The number of amides is 2. The average molecular weight is 137 g/mol. The SMILES string of the molecule is N#CC1C(=N)C(=O)NC1=O. The van der Waals surface area contributed by atoms with Gasteiger partial charge in [-0.25, -0.2) is 0 Å². The van der Waals surface area contributed by atoms with E-state index in [0.29, 0.717) is 0 Å². The first-order valence-electron chi connectivity index (χ1n) is 2.50. The molecule has 5 heteroatoms. The largest absolute Gasteiger partial charge is 0.298 e. The van der Waals surface area contributed by atoms with Gasteiger partial charge in [-0.1, -0.05) is 0 Å². The second-order valence-electron chi connectivity index (χ2n) is 1.79. The Kier molecular flexibility index (Phi) is 1.23. The van der Waals surface area contributed by atoms with Crippen LogP contribution in [0.5, 0.6) is 0 Å². The van der Waals surface area contributed by atoms with Crippen molar-refractivity contribution in [1.82, 2.24) is 5.32 Å². The smallest absolute Gasteiger partial charge is 0.273 e. The minimum atomic E-state index is -1.20. The lowest BCUT2D eigenvalue weighted by Gasteiger charge is -1.87. The van der Waals surface area contributed by atoms with Crippen LogP contribution in [0.15, 0.2) is 0 Å². The Labute approximate surface area is 56.1 Å². The molecule has 1 aliphatic heterocycles. The van der Waals surface area contributed by atoms with Gasteiger partial charge in [-0.05, 0) is 0 Å². The first-order chi connectivity index (χ1) is 4.66. The Morgan fingerprint density at radius 3 is 2.40 bits per heavy atom. The average Bonchev–Trinajstić information content (AvgIpc) is 2.09. The summed E-state index contributed by atoms with van der Waals surface area (Å²) >= 11 is 0. The summed E-state index contributed by atoms with van der Waals surface area (Å²) in [7, 11) is 0. The summed E-state index contributed by atoms with van der Waals surface area (Å²) in [6, 6.07) is 1.54. The molecule has 0 radical (unpaired) electrons. The molecule has 0 aromatic rings. The number of carbonyl (C=O) groups is 2. The van der Waals surface area contributed by atoms with Crippen LogP contribution in [0.1, 0.15) is 0 Å². The summed E-state index contributed by atoms with van der Waals surface area (Å²) in [4.78, 5) is 21.0. The lowest BCUT2D eigenvalue weighted by atomic mass is 10.1. The molecule has 5 nitrogen and oxygen atoms in total. The van der Waals surface area contributed by atoms with Crippen LogP contribution in [0.25, 0.3) is 0 Å². The highest BCUT2D eigenvalue weighted by Crippen LogP contribution is 2.04. The molecule has 1 aliphatic rings. The van der Waals surface area contributed by atoms with Gasteiger partial charge in [0.15, 0.2) is 5.92 Å². The molecule has 50 valence electrons. The number of nitrogens with one attached hydrogen (secondary N) is 2. The molecule has 0 aromatic heterocycles. The number of hydrogen-bond donors (Lipinski definition) is 2. The van der Waals surface area contributed by atoms with Gasteiger partial charge in [-0.15, -0.1) is 0 Å². The zero-order valence-corrected chi connectivity index (χ0v) is 4.84. The van der Waals surface area contributed by atoms with E-state index in [2.05, 4.69) is 0 Å². The molecule has 1 unspecified atom stereocenters. The number of rotatable bonds is 0. The van der Waals surface area contributed by atoms with Crippen LogP contribution >= 0.6 is 0 Å². The number of imide groups is 1. The van der Waals surface area contributed by atoms with Crippen molar-refractivity contribution in [1.29, 1.82) is 10.7 Å². The van der Waals surface area contributed by atoms with Gasteiger partial charge in [0.1, 0.15) is 5.71 Å². The summed E-state index contributed by atoms with van der Waals surface area (Å²) in [6.07, 6.45) is 0. The van der Waals surface area contributed by atoms with Gasteiger partial charge in [0, 0.05) is 0 Å². The van der Waals surface area contributed by atoms with Crippen LogP contribution < -0.4 is 5.32 Å². The molecule has 1 fully saturated rings. The summed E-state index contributed by atoms with van der Waals surface area (Å²) < 4.78 is 0. The summed E-state index contributed by atoms with van der Waals surface area (Å²) in [5.41, 5.74) is -0.465. The third-order valence-corrected chi connectivity index (χ3v) is 1.16. The predicted molar refractivity (Wildman–Crippen MR) is 30.0 cm³/mol. The maximum atomic E-state index is 10.5. The molecular formula is C5H3N3O2. The second kappa shape index (κ2) is 1.92. The van der Waals surface area contributed by atoms with Crippen LogP contribution in [0, 0.1) is 22.7 Å². The molecule has 0 aliphatic carbocycles. The van der Waals surface area contributed by atoms with E-state index in [1.165, 1.54) is 6.07 Å². The Balaban J connectivity index is 2.98. The number of hydrogen-bond acceptors (Lipinski definition) is 4. The third-order valence-electron chi connectivity index (χ3n) is 1.16. The molecule has 10 heavy (non-hydrogen) atoms. The molecule has 1 heterocycles. The first-order valence-corrected chi connectivity index (χ1v) is 2.50. The molecule has 2 amide bonds. The fourth-order valence-corrected chi connectivity index (χ4v) is 0.637. The minimum Gasteiger partial charge on any atom is -0.298 e. The van der Waals surface area contributed by atoms with Gasteiger partial charge in [-0.2, -0.15) is 5.26 Å². The predicted octanol–water partition coefficient (Wildman–Crippen LogP) is -1.20. The highest BCUT2D eigenvalue weighted by atomic mass is 16.2. The zero-order valence-electron chi connectivity index (χ0n) is 4.84. The Hall–Kier alpha value is -1.70. The first kappa shape index (κ1) is 6.42. The van der Waals surface area contributed by atoms with Gasteiger partial charge >= 0.3 is 0 Å². The molecule has 1 saturated heterocycles. The summed E-state index contributed by atoms with van der Waals surface area (Å²) in [5.74, 6) is -2.67. The molecule has 2 N–H and O–H groups in total. The minimum absolute atomic E-state index is 0.465. The van der Waals surface area contributed by atoms with Crippen LogP contribution in [0.4, 0.5) is 0 Å². The van der Waals surface area contributed by atoms with Crippen molar-refractivity contribution in [2.75, 3.05) is 0 Å². The maximum Gasteiger partial charge on any atom is 0.273 e. The molecule has 1 atom stereocenters. The number of carbonyl (C=O) groups excluding carboxylic acids is 2. The highest BCUT2D eigenvalue weighted by molar-refractivity contribution is 6.49. The van der Waals surface area contributed by atoms with E-state index in [9.17, 15) is 9.59 Å². The van der Waals surface area contributed by atoms with Gasteiger partial charge in [0.2, 0.25) is 0 Å². The van der Waals surface area contributed by atoms with Crippen LogP contribution in [0.2, 0.25) is 0 Å². The fraction of sp³-hybridized carbons (Fsp3) is 0.200. The summed E-state index contributed by atoms with van der Waals surface area (Å²) in [6.45, 7) is 0. The van der Waals surface area contributed by atoms with Gasteiger partial charge < -0.3 is 0 Å². The van der Waals surface area contributed by atoms with E-state index in [-0.39, 0.29) is 0 Å². The van der Waals surface area contributed by atoms with Crippen molar-refractivity contribution in [2.45, 2.75) is 0 Å². The van der Waals surface area contributed by atoms with E-state index < -0.39 is 23.4 Å². The normalized spacial score (nSPS) is 24.3. The molecular weight excluding hydrogens is 134 g/mol. The van der Waals surface area contributed by atoms with E-state index in [1.807, 2.05) is 5.32 Å². The highest BCUT2D eigenvalue weighted by Gasteiger charge is 2.36. The van der Waals surface area contributed by atoms with Gasteiger partial charge in [0.25, 0.3) is 11.8 Å². The zero-order chi connectivity index (χ0) is 7.72. The Bertz CT molecular complexity index is 263. The molecule has 0 spiro atoms. The Morgan fingerprint density at radius 2 is 2.20 bits per heavy atom. The van der Waals surface area contributed by atoms with Crippen LogP contribution in [-0.4, -0.2) is 17.5 Å². The van der Waals surface area contributed by atoms with Crippen LogP contribution in [-0.2, 0) is 9.59 Å². The third kappa shape index (κ3) is 0.666. The van der Waals surface area contributed by atoms with Crippen molar-refractivity contribution in [3.05, 3.63) is 0 Å². The monoisotopic (exact) mass is 137 g/mol. The summed E-state index contributed by atoms with van der Waals surface area (Å²) in [5, 5.41) is 17.0. The maximum absolute atomic E-state index is 10.5. The van der Waals surface area contributed by atoms with E-state index in [0.717, 1.165) is 0 Å². The standard InChI is InChI=1S/C5H3N3O2/c6-1-2-3(7)5(10)8-4(2)9/h2,7H,(H,8,9,10).